The molecule has 0 saturated carbocycles. The lowest BCUT2D eigenvalue weighted by molar-refractivity contribution is -0.144. The van der Waals surface area contributed by atoms with Crippen molar-refractivity contribution >= 4 is 74.2 Å². The van der Waals surface area contributed by atoms with Gasteiger partial charge in [-0.2, -0.15) is 0 Å². The number of aryl methyl sites for hydroxylation is 1. The van der Waals surface area contributed by atoms with Gasteiger partial charge in [-0.1, -0.05) is 88.0 Å². The van der Waals surface area contributed by atoms with Crippen LogP contribution in [0.1, 0.15) is 89.9 Å². The Labute approximate surface area is 397 Å². The zero-order valence-corrected chi connectivity index (χ0v) is 40.5. The SMILES string of the molecule is Cc1ncsc1-c1ccc([C@H](C)NC(=O)[C@@H]2C[C@@H](O)CN2C(=O)[C@@H](NC(=O)CCCCCCCOc2ccccc2-c2csc(-c3csc(Nc4ccc(Cl)cc4)n3)n2)C(C)(C)C)cc1. The average molecular weight is 955 g/mol. The molecule has 0 aliphatic carbocycles. The molecule has 65 heavy (non-hydrogen) atoms. The monoisotopic (exact) mass is 953 g/mol. The number of unbranched alkanes of at least 4 members (excludes halogenated alkanes) is 4. The second kappa shape index (κ2) is 21.9. The zero-order valence-electron chi connectivity index (χ0n) is 37.3. The lowest BCUT2D eigenvalue weighted by atomic mass is 9.85. The van der Waals surface area contributed by atoms with Gasteiger partial charge in [0.15, 0.2) is 5.13 Å². The average Bonchev–Trinajstić information content (AvgIpc) is 4.12. The minimum atomic E-state index is -0.866. The van der Waals surface area contributed by atoms with Crippen molar-refractivity contribution in [2.24, 2.45) is 5.41 Å². The van der Waals surface area contributed by atoms with Crippen LogP contribution in [0.15, 0.2) is 89.1 Å². The first-order valence-electron chi connectivity index (χ1n) is 22.0. The summed E-state index contributed by atoms with van der Waals surface area (Å²) in [6, 6.07) is 21.4. The highest BCUT2D eigenvalue weighted by Gasteiger charge is 2.44. The number of ether oxygens (including phenoxy) is 1. The van der Waals surface area contributed by atoms with Crippen LogP contribution in [0.5, 0.6) is 5.75 Å². The van der Waals surface area contributed by atoms with Gasteiger partial charge in [0, 0.05) is 46.4 Å². The van der Waals surface area contributed by atoms with Gasteiger partial charge in [0.05, 0.1) is 40.5 Å². The lowest BCUT2D eigenvalue weighted by Gasteiger charge is -2.35. The van der Waals surface area contributed by atoms with Crippen LogP contribution >= 0.6 is 45.6 Å². The summed E-state index contributed by atoms with van der Waals surface area (Å²) in [6.45, 7) is 10.1. The smallest absolute Gasteiger partial charge is 0.246 e. The number of amides is 3. The molecule has 3 aromatic heterocycles. The highest BCUT2D eigenvalue weighted by molar-refractivity contribution is 7.16. The van der Waals surface area contributed by atoms with Gasteiger partial charge in [-0.3, -0.25) is 14.4 Å². The van der Waals surface area contributed by atoms with Crippen molar-refractivity contribution in [1.29, 1.82) is 0 Å². The highest BCUT2D eigenvalue weighted by Crippen LogP contribution is 2.36. The molecule has 7 rings (SSSR count). The molecular formula is C49H56ClN7O5S3. The number of nitrogens with one attached hydrogen (secondary N) is 3. The number of carbonyl (C=O) groups is 3. The summed E-state index contributed by atoms with van der Waals surface area (Å²) in [5.41, 5.74) is 7.64. The first-order valence-corrected chi connectivity index (χ1v) is 25.0. The fraction of sp³-hybridized carbons (Fsp3) is 0.388. The number of para-hydroxylation sites is 1. The number of halogens is 1. The Kier molecular flexibility index (Phi) is 16.1. The van der Waals surface area contributed by atoms with Gasteiger partial charge < -0.3 is 30.7 Å². The molecule has 1 aliphatic heterocycles. The standard InChI is InChI=1S/C49H56ClN7O5S3/c1-30(32-16-18-33(19-17-32)43-31(2)51-29-65-43)52-45(60)40-25-36(58)26-57(40)47(61)44(49(3,4)5)56-42(59)15-9-7-6-8-12-24-62-41-14-11-10-13-37(41)38-27-63-46(54-38)39-28-64-48(55-39)53-35-22-20-34(50)21-23-35/h10-11,13-14,16-23,27-30,36,40,44,58H,6-9,12,15,24-26H2,1-5H3,(H,52,60)(H,53,55)(H,56,59)/t30-,36+,40-,44+/m0/s1. The number of hydrogen-bond donors (Lipinski definition) is 4. The molecule has 1 aliphatic rings. The number of aliphatic hydroxyl groups is 1. The Bertz CT molecular complexity index is 2540. The number of likely N-dealkylation sites (tertiary alicyclic amines) is 1. The lowest BCUT2D eigenvalue weighted by Crippen LogP contribution is -2.57. The molecule has 0 bridgehead atoms. The molecule has 1 fully saturated rings. The normalized spacial score (nSPS) is 16.0. The van der Waals surface area contributed by atoms with E-state index in [0.717, 1.165) is 85.9 Å². The molecule has 3 aromatic carbocycles. The van der Waals surface area contributed by atoms with E-state index in [1.54, 1.807) is 22.7 Å². The third-order valence-electron chi connectivity index (χ3n) is 11.4. The number of aromatic nitrogens is 3. The van der Waals surface area contributed by atoms with Crippen molar-refractivity contribution in [3.8, 4) is 38.1 Å². The molecule has 342 valence electrons. The Morgan fingerprint density at radius 3 is 2.35 bits per heavy atom. The molecule has 0 radical (unpaired) electrons. The van der Waals surface area contributed by atoms with Crippen LogP contribution < -0.4 is 20.7 Å². The Morgan fingerprint density at radius 2 is 1.62 bits per heavy atom. The second-order valence-corrected chi connectivity index (χ2v) is 20.5. The molecule has 16 heteroatoms. The number of benzene rings is 3. The van der Waals surface area contributed by atoms with Crippen LogP contribution in [0.4, 0.5) is 10.8 Å². The molecule has 3 amide bonds. The first-order chi connectivity index (χ1) is 31.2. The number of carbonyl (C=O) groups excluding carboxylic acids is 3. The van der Waals surface area contributed by atoms with Crippen LogP contribution in [-0.4, -0.2) is 74.0 Å². The Balaban J connectivity index is 0.833. The predicted molar refractivity (Wildman–Crippen MR) is 263 cm³/mol. The van der Waals surface area contributed by atoms with Gasteiger partial charge in [0.1, 0.15) is 28.5 Å². The van der Waals surface area contributed by atoms with Crippen molar-refractivity contribution in [1.82, 2.24) is 30.5 Å². The topological polar surface area (TPSA) is 159 Å². The summed E-state index contributed by atoms with van der Waals surface area (Å²) in [5.74, 6) is -0.132. The van der Waals surface area contributed by atoms with Gasteiger partial charge in [-0.25, -0.2) is 15.0 Å². The van der Waals surface area contributed by atoms with Crippen molar-refractivity contribution in [2.45, 2.75) is 104 Å². The quantitative estimate of drug-likeness (QED) is 0.0580. The molecule has 6 aromatic rings. The van der Waals surface area contributed by atoms with Crippen LogP contribution in [0, 0.1) is 12.3 Å². The van der Waals surface area contributed by atoms with Crippen LogP contribution in [0.3, 0.4) is 0 Å². The minimum Gasteiger partial charge on any atom is -0.493 e. The summed E-state index contributed by atoms with van der Waals surface area (Å²) in [6.07, 6.45) is 3.86. The van der Waals surface area contributed by atoms with Crippen molar-refractivity contribution in [3.05, 3.63) is 105 Å². The fourth-order valence-electron chi connectivity index (χ4n) is 7.75. The molecular weight excluding hydrogens is 898 g/mol. The maximum absolute atomic E-state index is 14.1. The molecule has 0 spiro atoms. The molecule has 12 nitrogen and oxygen atoms in total. The second-order valence-electron chi connectivity index (χ2n) is 17.5. The summed E-state index contributed by atoms with van der Waals surface area (Å²) in [4.78, 5) is 57.6. The van der Waals surface area contributed by atoms with Crippen molar-refractivity contribution < 1.29 is 24.2 Å². The third kappa shape index (κ3) is 12.6. The summed E-state index contributed by atoms with van der Waals surface area (Å²) >= 11 is 10.7. The van der Waals surface area contributed by atoms with Crippen LogP contribution in [0.2, 0.25) is 5.02 Å². The predicted octanol–water partition coefficient (Wildman–Crippen LogP) is 10.9. The molecule has 4 atom stereocenters. The van der Waals surface area contributed by atoms with E-state index in [1.807, 2.05) is 124 Å². The van der Waals surface area contributed by atoms with Gasteiger partial charge in [-0.05, 0) is 79.6 Å². The van der Waals surface area contributed by atoms with E-state index in [9.17, 15) is 19.5 Å². The first kappa shape index (κ1) is 47.8. The summed E-state index contributed by atoms with van der Waals surface area (Å²) in [5, 5.41) is 26.3. The number of thiazole rings is 3. The molecule has 0 unspecified atom stereocenters. The third-order valence-corrected chi connectivity index (χ3v) is 14.2. The number of aliphatic hydroxyl groups excluding tert-OH is 1. The number of nitrogens with zero attached hydrogens (tertiary/aromatic N) is 4. The van der Waals surface area contributed by atoms with E-state index < -0.39 is 23.6 Å². The number of anilines is 2. The van der Waals surface area contributed by atoms with E-state index >= 15 is 0 Å². The van der Waals surface area contributed by atoms with E-state index in [1.165, 1.54) is 16.2 Å². The van der Waals surface area contributed by atoms with Crippen molar-refractivity contribution in [2.75, 3.05) is 18.5 Å². The molecule has 4 N–H and O–H groups in total. The van der Waals surface area contributed by atoms with Gasteiger partial charge in [0.2, 0.25) is 17.7 Å². The van der Waals surface area contributed by atoms with Gasteiger partial charge in [-0.15, -0.1) is 34.0 Å². The molecule has 4 heterocycles. The summed E-state index contributed by atoms with van der Waals surface area (Å²) in [7, 11) is 0. The number of hydrogen-bond acceptors (Lipinski definition) is 12. The minimum absolute atomic E-state index is 0.0246. The number of β-amino-alcohol motifs (C(OH)–C–C–N with tert-alkyl or cyclic N) is 1. The fourth-order valence-corrected chi connectivity index (χ4v) is 10.3. The van der Waals surface area contributed by atoms with Crippen LogP contribution in [-0.2, 0) is 14.4 Å². The molecule has 1 saturated heterocycles. The Hall–Kier alpha value is -5.19. The maximum Gasteiger partial charge on any atom is 0.246 e. The van der Waals surface area contributed by atoms with Crippen molar-refractivity contribution in [3.63, 3.8) is 0 Å². The highest BCUT2D eigenvalue weighted by atomic mass is 35.5. The van der Waals surface area contributed by atoms with Gasteiger partial charge in [0.25, 0.3) is 0 Å². The maximum atomic E-state index is 14.1. The number of rotatable bonds is 19. The van der Waals surface area contributed by atoms with E-state index in [-0.39, 0.29) is 43.1 Å². The Morgan fingerprint density at radius 1 is 0.892 bits per heavy atom. The van der Waals surface area contributed by atoms with E-state index in [4.69, 9.17) is 26.3 Å². The van der Waals surface area contributed by atoms with Gasteiger partial charge >= 0.3 is 0 Å². The largest absolute Gasteiger partial charge is 0.493 e. The summed E-state index contributed by atoms with van der Waals surface area (Å²) < 4.78 is 6.25. The van der Waals surface area contributed by atoms with E-state index in [0.29, 0.717) is 18.1 Å². The van der Waals surface area contributed by atoms with Crippen LogP contribution in [0.25, 0.3) is 32.4 Å². The zero-order chi connectivity index (χ0) is 46.1. The van der Waals surface area contributed by atoms with E-state index in [2.05, 4.69) is 20.9 Å².